The van der Waals surface area contributed by atoms with Gasteiger partial charge in [0.15, 0.2) is 0 Å². The largest absolute Gasteiger partial charge is 0.313 e. The van der Waals surface area contributed by atoms with E-state index in [1.807, 2.05) is 0 Å². The minimum absolute atomic E-state index is 0.505. The summed E-state index contributed by atoms with van der Waals surface area (Å²) in [5.41, 5.74) is 4.47. The monoisotopic (exact) mass is 265 g/mol. The first-order valence-corrected chi connectivity index (χ1v) is 7.58. The highest BCUT2D eigenvalue weighted by molar-refractivity contribution is 5.36. The molecule has 3 unspecified atom stereocenters. The van der Waals surface area contributed by atoms with Crippen molar-refractivity contribution in [3.8, 4) is 0 Å². The molecule has 104 valence electrons. The van der Waals surface area contributed by atoms with Gasteiger partial charge in [0.1, 0.15) is 0 Å². The van der Waals surface area contributed by atoms with Crippen molar-refractivity contribution in [1.29, 1.82) is 0 Å². The molecule has 0 saturated heterocycles. The number of rotatable bonds is 4. The molecule has 2 aromatic rings. The minimum Gasteiger partial charge on any atom is -0.313 e. The number of hydrogen-bond acceptors (Lipinski definition) is 1. The lowest BCUT2D eigenvalue weighted by atomic mass is 9.84. The Labute approximate surface area is 122 Å². The summed E-state index contributed by atoms with van der Waals surface area (Å²) in [7, 11) is 2.09. The van der Waals surface area contributed by atoms with E-state index in [1.165, 1.54) is 23.1 Å². The number of nitrogens with one attached hydrogen (secondary N) is 1. The maximum Gasteiger partial charge on any atom is 0.0354 e. The molecule has 1 N–H and O–H groups in total. The summed E-state index contributed by atoms with van der Waals surface area (Å²) in [6, 6.07) is 20.3. The predicted octanol–water partition coefficient (Wildman–Crippen LogP) is 4.00. The molecule has 0 heterocycles. The van der Waals surface area contributed by atoms with E-state index in [0.29, 0.717) is 17.9 Å². The zero-order chi connectivity index (χ0) is 13.9. The average molecular weight is 265 g/mol. The Kier molecular flexibility index (Phi) is 3.88. The molecule has 0 radical (unpaired) electrons. The Bertz CT molecular complexity index is 561. The second-order valence-corrected chi connectivity index (χ2v) is 6.00. The minimum atomic E-state index is 0.505. The van der Waals surface area contributed by atoms with Crippen molar-refractivity contribution < 1.29 is 0 Å². The lowest BCUT2D eigenvalue weighted by Crippen LogP contribution is -2.27. The zero-order valence-corrected chi connectivity index (χ0v) is 12.3. The maximum atomic E-state index is 3.54. The summed E-state index contributed by atoms with van der Waals surface area (Å²) in [5.74, 6) is 1.37. The van der Waals surface area contributed by atoms with Gasteiger partial charge in [0.05, 0.1) is 0 Å². The molecule has 2 aromatic carbocycles. The summed E-state index contributed by atoms with van der Waals surface area (Å²) in [4.78, 5) is 0. The van der Waals surface area contributed by atoms with Crippen LogP contribution in [0.25, 0.3) is 0 Å². The molecule has 0 saturated carbocycles. The van der Waals surface area contributed by atoms with Gasteiger partial charge in [-0.3, -0.25) is 0 Å². The standard InChI is InChI=1S/C19H23N/c1-14(12-15-8-4-3-5-9-15)18-13-16-10-6-7-11-17(16)19(18)20-2/h3-11,14,18-20H,12-13H2,1-2H3. The topological polar surface area (TPSA) is 12.0 Å². The smallest absolute Gasteiger partial charge is 0.0354 e. The number of hydrogen-bond donors (Lipinski definition) is 1. The van der Waals surface area contributed by atoms with E-state index in [2.05, 4.69) is 73.9 Å². The normalized spacial score (nSPS) is 22.5. The molecule has 3 rings (SSSR count). The van der Waals surface area contributed by atoms with Crippen molar-refractivity contribution in [2.45, 2.75) is 25.8 Å². The highest BCUT2D eigenvalue weighted by Gasteiger charge is 2.34. The molecule has 1 aliphatic rings. The molecule has 1 nitrogen and oxygen atoms in total. The van der Waals surface area contributed by atoms with Crippen LogP contribution in [0.1, 0.15) is 29.7 Å². The van der Waals surface area contributed by atoms with E-state index < -0.39 is 0 Å². The third-order valence-corrected chi connectivity index (χ3v) is 4.72. The molecule has 1 aliphatic carbocycles. The van der Waals surface area contributed by atoms with E-state index >= 15 is 0 Å². The molecule has 0 spiro atoms. The zero-order valence-electron chi connectivity index (χ0n) is 12.3. The summed E-state index contributed by atoms with van der Waals surface area (Å²) >= 11 is 0. The first-order valence-electron chi connectivity index (χ1n) is 7.58. The van der Waals surface area contributed by atoms with Crippen LogP contribution in [0.15, 0.2) is 54.6 Å². The van der Waals surface area contributed by atoms with E-state index in [-0.39, 0.29) is 0 Å². The Balaban J connectivity index is 1.78. The van der Waals surface area contributed by atoms with Crippen LogP contribution < -0.4 is 5.32 Å². The van der Waals surface area contributed by atoms with Crippen molar-refractivity contribution in [2.75, 3.05) is 7.05 Å². The number of fused-ring (bicyclic) bond motifs is 1. The SMILES string of the molecule is CNC1c2ccccc2CC1C(C)Cc1ccccc1. The van der Waals surface area contributed by atoms with Crippen molar-refractivity contribution in [3.63, 3.8) is 0 Å². The molecule has 3 atom stereocenters. The Morgan fingerprint density at radius 1 is 1.05 bits per heavy atom. The summed E-state index contributed by atoms with van der Waals surface area (Å²) < 4.78 is 0. The molecule has 0 amide bonds. The van der Waals surface area contributed by atoms with Gasteiger partial charge in [-0.05, 0) is 48.4 Å². The average Bonchev–Trinajstić information content (AvgIpc) is 2.87. The molecule has 20 heavy (non-hydrogen) atoms. The van der Waals surface area contributed by atoms with Gasteiger partial charge in [-0.15, -0.1) is 0 Å². The van der Waals surface area contributed by atoms with Crippen LogP contribution in [0.2, 0.25) is 0 Å². The highest BCUT2D eigenvalue weighted by Crippen LogP contribution is 2.40. The third kappa shape index (κ3) is 2.51. The predicted molar refractivity (Wildman–Crippen MR) is 84.7 cm³/mol. The molecule has 0 fully saturated rings. The summed E-state index contributed by atoms with van der Waals surface area (Å²) in [5, 5.41) is 3.54. The van der Waals surface area contributed by atoms with Crippen LogP contribution in [0, 0.1) is 11.8 Å². The highest BCUT2D eigenvalue weighted by atomic mass is 14.9. The van der Waals surface area contributed by atoms with Gasteiger partial charge in [-0.1, -0.05) is 61.5 Å². The molecular weight excluding hydrogens is 242 g/mol. The van der Waals surface area contributed by atoms with Gasteiger partial charge >= 0.3 is 0 Å². The Morgan fingerprint density at radius 2 is 1.75 bits per heavy atom. The van der Waals surface area contributed by atoms with Crippen LogP contribution in [0.5, 0.6) is 0 Å². The van der Waals surface area contributed by atoms with Crippen LogP contribution in [0.4, 0.5) is 0 Å². The van der Waals surface area contributed by atoms with Gasteiger partial charge in [0.25, 0.3) is 0 Å². The van der Waals surface area contributed by atoms with E-state index in [4.69, 9.17) is 0 Å². The van der Waals surface area contributed by atoms with Crippen molar-refractivity contribution in [2.24, 2.45) is 11.8 Å². The fourth-order valence-electron chi connectivity index (χ4n) is 3.66. The quantitative estimate of drug-likeness (QED) is 0.881. The first kappa shape index (κ1) is 13.4. The van der Waals surface area contributed by atoms with Gasteiger partial charge < -0.3 is 5.32 Å². The van der Waals surface area contributed by atoms with Crippen molar-refractivity contribution >= 4 is 0 Å². The van der Waals surface area contributed by atoms with Gasteiger partial charge in [0.2, 0.25) is 0 Å². The van der Waals surface area contributed by atoms with Crippen LogP contribution in [-0.2, 0) is 12.8 Å². The van der Waals surface area contributed by atoms with Gasteiger partial charge in [-0.25, -0.2) is 0 Å². The third-order valence-electron chi connectivity index (χ3n) is 4.72. The second-order valence-electron chi connectivity index (χ2n) is 6.00. The van der Waals surface area contributed by atoms with Crippen molar-refractivity contribution in [3.05, 3.63) is 71.3 Å². The molecule has 1 heteroatoms. The van der Waals surface area contributed by atoms with E-state index in [0.717, 1.165) is 6.42 Å². The fourth-order valence-corrected chi connectivity index (χ4v) is 3.66. The lowest BCUT2D eigenvalue weighted by molar-refractivity contribution is 0.294. The van der Waals surface area contributed by atoms with E-state index in [1.54, 1.807) is 0 Å². The van der Waals surface area contributed by atoms with Crippen LogP contribution >= 0.6 is 0 Å². The maximum absolute atomic E-state index is 3.54. The van der Waals surface area contributed by atoms with Crippen LogP contribution in [-0.4, -0.2) is 7.05 Å². The Morgan fingerprint density at radius 3 is 2.50 bits per heavy atom. The van der Waals surface area contributed by atoms with E-state index in [9.17, 15) is 0 Å². The molecular formula is C19H23N. The van der Waals surface area contributed by atoms with Crippen LogP contribution in [0.3, 0.4) is 0 Å². The molecule has 0 aromatic heterocycles. The summed E-state index contributed by atoms with van der Waals surface area (Å²) in [6.07, 6.45) is 2.37. The van der Waals surface area contributed by atoms with Crippen molar-refractivity contribution in [1.82, 2.24) is 5.32 Å². The van der Waals surface area contributed by atoms with Gasteiger partial charge in [0, 0.05) is 6.04 Å². The second kappa shape index (κ2) is 5.80. The van der Waals surface area contributed by atoms with Gasteiger partial charge in [-0.2, -0.15) is 0 Å². The first-order chi connectivity index (χ1) is 9.79. The molecule has 0 bridgehead atoms. The summed E-state index contributed by atoms with van der Waals surface area (Å²) in [6.45, 7) is 2.40. The fraction of sp³-hybridized carbons (Fsp3) is 0.368. The number of benzene rings is 2. The molecule has 0 aliphatic heterocycles. The Hall–Kier alpha value is -1.60. The lowest BCUT2D eigenvalue weighted by Gasteiger charge is -2.26.